The second-order valence-electron chi connectivity index (χ2n) is 4.73. The van der Waals surface area contributed by atoms with Crippen molar-refractivity contribution in [2.24, 2.45) is 0 Å². The minimum absolute atomic E-state index is 0.152. The summed E-state index contributed by atoms with van der Waals surface area (Å²) in [6.45, 7) is 9.20. The maximum Gasteiger partial charge on any atom is 0.123 e. The lowest BCUT2D eigenvalue weighted by Crippen LogP contribution is -2.21. The number of aromatic nitrogens is 2. The average molecular weight is 257 g/mol. The van der Waals surface area contributed by atoms with Crippen LogP contribution >= 0.6 is 11.3 Å². The van der Waals surface area contributed by atoms with E-state index in [1.165, 1.54) is 0 Å². The Kier molecular flexibility index (Phi) is 6.02. The van der Waals surface area contributed by atoms with E-state index in [-0.39, 0.29) is 5.41 Å². The van der Waals surface area contributed by atoms with Gasteiger partial charge in [-0.1, -0.05) is 20.8 Å². The highest BCUT2D eigenvalue weighted by molar-refractivity contribution is 7.11. The van der Waals surface area contributed by atoms with E-state index in [9.17, 15) is 0 Å². The summed E-state index contributed by atoms with van der Waals surface area (Å²) in [6.07, 6.45) is 2.04. The topological polar surface area (TPSA) is 47.0 Å². The van der Waals surface area contributed by atoms with Gasteiger partial charge in [-0.2, -0.15) is 0 Å². The molecule has 0 saturated heterocycles. The smallest absolute Gasteiger partial charge is 0.123 e. The van der Waals surface area contributed by atoms with Crippen LogP contribution in [0.2, 0.25) is 0 Å². The second kappa shape index (κ2) is 7.03. The van der Waals surface area contributed by atoms with Crippen LogP contribution in [0.25, 0.3) is 0 Å². The maximum atomic E-state index is 4.97. The first-order chi connectivity index (χ1) is 8.10. The lowest BCUT2D eigenvalue weighted by atomic mass is 9.91. The second-order valence-corrected chi connectivity index (χ2v) is 5.79. The molecule has 0 aliphatic rings. The van der Waals surface area contributed by atoms with E-state index < -0.39 is 0 Å². The first kappa shape index (κ1) is 14.5. The Bertz CT molecular complexity index is 325. The molecule has 0 fully saturated rings. The third-order valence-electron chi connectivity index (χ3n) is 2.93. The molecule has 1 heterocycles. The normalized spacial score (nSPS) is 12.0. The molecular formula is C12H23N3OS. The molecule has 0 radical (unpaired) electrons. The molecule has 98 valence electrons. The molecule has 1 N–H and O–H groups in total. The summed E-state index contributed by atoms with van der Waals surface area (Å²) >= 11 is 1.73. The molecule has 5 heteroatoms. The Morgan fingerprint density at radius 2 is 2.06 bits per heavy atom. The van der Waals surface area contributed by atoms with Gasteiger partial charge in [-0.05, 0) is 6.42 Å². The Labute approximate surface area is 108 Å². The Morgan fingerprint density at radius 3 is 2.71 bits per heavy atom. The molecule has 17 heavy (non-hydrogen) atoms. The van der Waals surface area contributed by atoms with Crippen molar-refractivity contribution < 1.29 is 4.74 Å². The van der Waals surface area contributed by atoms with Crippen molar-refractivity contribution in [2.45, 2.75) is 39.0 Å². The van der Waals surface area contributed by atoms with Crippen LogP contribution < -0.4 is 5.32 Å². The van der Waals surface area contributed by atoms with Crippen LogP contribution in [-0.4, -0.2) is 37.0 Å². The fourth-order valence-electron chi connectivity index (χ4n) is 1.27. The van der Waals surface area contributed by atoms with Crippen molar-refractivity contribution in [3.05, 3.63) is 10.0 Å². The fraction of sp³-hybridized carbons (Fsp3) is 0.833. The highest BCUT2D eigenvalue weighted by Crippen LogP contribution is 2.29. The summed E-state index contributed by atoms with van der Waals surface area (Å²) in [5.41, 5.74) is 0.152. The average Bonchev–Trinajstić information content (AvgIpc) is 2.78. The van der Waals surface area contributed by atoms with Gasteiger partial charge in [0.15, 0.2) is 0 Å². The molecule has 1 aromatic rings. The zero-order chi connectivity index (χ0) is 12.7. The number of rotatable bonds is 8. The van der Waals surface area contributed by atoms with Gasteiger partial charge in [0, 0.05) is 32.0 Å². The zero-order valence-corrected chi connectivity index (χ0v) is 12.1. The van der Waals surface area contributed by atoms with Gasteiger partial charge < -0.3 is 10.1 Å². The summed E-state index contributed by atoms with van der Waals surface area (Å²) in [6, 6.07) is 0. The van der Waals surface area contributed by atoms with Crippen LogP contribution in [0, 0.1) is 0 Å². The van der Waals surface area contributed by atoms with Crippen LogP contribution in [0.5, 0.6) is 0 Å². The first-order valence-corrected chi connectivity index (χ1v) is 6.94. The SMILES string of the molecule is CCC(C)(C)c1nnc(CCNCCOC)s1. The van der Waals surface area contributed by atoms with E-state index in [4.69, 9.17) is 4.74 Å². The van der Waals surface area contributed by atoms with E-state index in [1.54, 1.807) is 18.4 Å². The molecule has 1 aromatic heterocycles. The van der Waals surface area contributed by atoms with Crippen molar-refractivity contribution in [3.63, 3.8) is 0 Å². The molecule has 0 bridgehead atoms. The number of ether oxygens (including phenoxy) is 1. The zero-order valence-electron chi connectivity index (χ0n) is 11.2. The summed E-state index contributed by atoms with van der Waals surface area (Å²) in [4.78, 5) is 0. The summed E-state index contributed by atoms with van der Waals surface area (Å²) in [7, 11) is 1.71. The van der Waals surface area contributed by atoms with Gasteiger partial charge in [0.2, 0.25) is 0 Å². The van der Waals surface area contributed by atoms with Gasteiger partial charge in [-0.3, -0.25) is 0 Å². The third kappa shape index (κ3) is 4.69. The molecule has 0 atom stereocenters. The highest BCUT2D eigenvalue weighted by atomic mass is 32.1. The molecular weight excluding hydrogens is 234 g/mol. The van der Waals surface area contributed by atoms with Crippen LogP contribution in [-0.2, 0) is 16.6 Å². The third-order valence-corrected chi connectivity index (χ3v) is 4.28. The number of hydrogen-bond donors (Lipinski definition) is 1. The van der Waals surface area contributed by atoms with Crippen molar-refractivity contribution in [1.82, 2.24) is 15.5 Å². The van der Waals surface area contributed by atoms with E-state index in [0.29, 0.717) is 0 Å². The lowest BCUT2D eigenvalue weighted by Gasteiger charge is -2.17. The number of hydrogen-bond acceptors (Lipinski definition) is 5. The van der Waals surface area contributed by atoms with Gasteiger partial charge in [-0.25, -0.2) is 0 Å². The predicted molar refractivity (Wildman–Crippen MR) is 71.7 cm³/mol. The van der Waals surface area contributed by atoms with Crippen molar-refractivity contribution in [1.29, 1.82) is 0 Å². The molecule has 0 aromatic carbocycles. The minimum Gasteiger partial charge on any atom is -0.383 e. The Hall–Kier alpha value is -0.520. The Morgan fingerprint density at radius 1 is 1.29 bits per heavy atom. The number of nitrogens with one attached hydrogen (secondary N) is 1. The quantitative estimate of drug-likeness (QED) is 0.724. The molecule has 0 aliphatic carbocycles. The molecule has 1 rings (SSSR count). The van der Waals surface area contributed by atoms with Gasteiger partial charge >= 0.3 is 0 Å². The van der Waals surface area contributed by atoms with Gasteiger partial charge in [0.05, 0.1) is 6.61 Å². The molecule has 0 unspecified atom stereocenters. The Balaban J connectivity index is 2.36. The fourth-order valence-corrected chi connectivity index (χ4v) is 2.29. The molecule has 0 amide bonds. The van der Waals surface area contributed by atoms with Gasteiger partial charge in [-0.15, -0.1) is 21.5 Å². The summed E-state index contributed by atoms with van der Waals surface area (Å²) < 4.78 is 4.97. The highest BCUT2D eigenvalue weighted by Gasteiger charge is 2.22. The molecule has 0 spiro atoms. The standard InChI is InChI=1S/C12H23N3OS/c1-5-12(2,3)11-15-14-10(17-11)6-7-13-8-9-16-4/h13H,5-9H2,1-4H3. The van der Waals surface area contributed by atoms with Crippen molar-refractivity contribution in [2.75, 3.05) is 26.8 Å². The van der Waals surface area contributed by atoms with Crippen molar-refractivity contribution >= 4 is 11.3 Å². The van der Waals surface area contributed by atoms with Crippen LogP contribution in [0.3, 0.4) is 0 Å². The number of nitrogens with zero attached hydrogens (tertiary/aromatic N) is 2. The molecule has 0 saturated carbocycles. The molecule has 0 aliphatic heterocycles. The monoisotopic (exact) mass is 257 g/mol. The van der Waals surface area contributed by atoms with Crippen LogP contribution in [0.15, 0.2) is 0 Å². The first-order valence-electron chi connectivity index (χ1n) is 6.12. The largest absolute Gasteiger partial charge is 0.383 e. The van der Waals surface area contributed by atoms with E-state index in [0.717, 1.165) is 42.6 Å². The predicted octanol–water partition coefficient (Wildman–Crippen LogP) is 2.00. The van der Waals surface area contributed by atoms with Crippen LogP contribution in [0.1, 0.15) is 37.2 Å². The molecule has 4 nitrogen and oxygen atoms in total. The van der Waals surface area contributed by atoms with E-state index >= 15 is 0 Å². The minimum atomic E-state index is 0.152. The lowest BCUT2D eigenvalue weighted by molar-refractivity contribution is 0.199. The van der Waals surface area contributed by atoms with E-state index in [1.807, 2.05) is 0 Å². The summed E-state index contributed by atoms with van der Waals surface area (Å²) in [5, 5.41) is 14.1. The maximum absolute atomic E-state index is 4.97. The van der Waals surface area contributed by atoms with Crippen LogP contribution in [0.4, 0.5) is 0 Å². The van der Waals surface area contributed by atoms with Gasteiger partial charge in [0.25, 0.3) is 0 Å². The summed E-state index contributed by atoms with van der Waals surface area (Å²) in [5.74, 6) is 0. The van der Waals surface area contributed by atoms with E-state index in [2.05, 4.69) is 36.3 Å². The van der Waals surface area contributed by atoms with Crippen molar-refractivity contribution in [3.8, 4) is 0 Å². The number of methoxy groups -OCH3 is 1. The van der Waals surface area contributed by atoms with Gasteiger partial charge in [0.1, 0.15) is 10.0 Å².